The van der Waals surface area contributed by atoms with Gasteiger partial charge in [0.25, 0.3) is 5.91 Å². The van der Waals surface area contributed by atoms with E-state index in [0.717, 1.165) is 4.90 Å². The Balaban J connectivity index is 2.68. The van der Waals surface area contributed by atoms with E-state index in [0.29, 0.717) is 6.42 Å². The molecule has 1 fully saturated rings. The van der Waals surface area contributed by atoms with Crippen molar-refractivity contribution in [2.75, 3.05) is 6.54 Å². The summed E-state index contributed by atoms with van der Waals surface area (Å²) < 4.78 is 0. The molecule has 0 spiro atoms. The van der Waals surface area contributed by atoms with Crippen LogP contribution in [0.15, 0.2) is 0 Å². The van der Waals surface area contributed by atoms with Crippen LogP contribution in [0.25, 0.3) is 0 Å². The minimum Gasteiger partial charge on any atom is -0.326 e. The maximum Gasteiger partial charge on any atom is 0.325 e. The number of imide groups is 1. The van der Waals surface area contributed by atoms with Gasteiger partial charge in [0.05, 0.1) is 6.54 Å². The highest BCUT2D eigenvalue weighted by molar-refractivity contribution is 6.04. The molecule has 0 bridgehead atoms. The van der Waals surface area contributed by atoms with Crippen LogP contribution in [-0.4, -0.2) is 29.4 Å². The molecule has 0 aromatic rings. The Morgan fingerprint density at radius 3 is 2.69 bits per heavy atom. The largest absolute Gasteiger partial charge is 0.326 e. The van der Waals surface area contributed by atoms with Crippen LogP contribution in [0.4, 0.5) is 4.79 Å². The van der Waals surface area contributed by atoms with E-state index in [1.54, 1.807) is 6.92 Å². The van der Waals surface area contributed by atoms with Crippen molar-refractivity contribution in [3.05, 3.63) is 0 Å². The van der Waals surface area contributed by atoms with Crippen molar-refractivity contribution in [2.45, 2.75) is 26.3 Å². The third-order valence-corrected chi connectivity index (χ3v) is 1.93. The molecule has 0 aliphatic carbocycles. The minimum atomic E-state index is -0.355. The van der Waals surface area contributed by atoms with Crippen molar-refractivity contribution in [3.8, 4) is 11.8 Å². The molecule has 0 aromatic heterocycles. The first-order chi connectivity index (χ1) is 6.20. The van der Waals surface area contributed by atoms with E-state index in [4.69, 9.17) is 0 Å². The maximum absolute atomic E-state index is 11.4. The summed E-state index contributed by atoms with van der Waals surface area (Å²) in [5, 5.41) is 2.58. The van der Waals surface area contributed by atoms with E-state index in [1.807, 2.05) is 6.92 Å². The summed E-state index contributed by atoms with van der Waals surface area (Å²) in [5.74, 6) is 5.16. The average molecular weight is 180 g/mol. The Hall–Kier alpha value is -1.50. The third kappa shape index (κ3) is 1.81. The highest BCUT2D eigenvalue weighted by Crippen LogP contribution is 2.07. The molecule has 1 aliphatic rings. The molecule has 1 rings (SSSR count). The molecule has 0 saturated carbocycles. The van der Waals surface area contributed by atoms with E-state index < -0.39 is 0 Å². The van der Waals surface area contributed by atoms with Crippen molar-refractivity contribution in [3.63, 3.8) is 0 Å². The number of hydrogen-bond acceptors (Lipinski definition) is 2. The van der Waals surface area contributed by atoms with Crippen LogP contribution in [0.2, 0.25) is 0 Å². The lowest BCUT2D eigenvalue weighted by Gasteiger charge is -2.07. The molecule has 1 aliphatic heterocycles. The Morgan fingerprint density at radius 2 is 2.23 bits per heavy atom. The predicted molar refractivity (Wildman–Crippen MR) is 47.8 cm³/mol. The van der Waals surface area contributed by atoms with Gasteiger partial charge in [0.1, 0.15) is 6.04 Å². The zero-order valence-electron chi connectivity index (χ0n) is 7.76. The van der Waals surface area contributed by atoms with Crippen LogP contribution in [0.1, 0.15) is 20.3 Å². The van der Waals surface area contributed by atoms with Gasteiger partial charge in [0, 0.05) is 0 Å². The van der Waals surface area contributed by atoms with Crippen molar-refractivity contribution in [1.82, 2.24) is 10.2 Å². The smallest absolute Gasteiger partial charge is 0.325 e. The number of urea groups is 1. The van der Waals surface area contributed by atoms with Crippen molar-refractivity contribution < 1.29 is 9.59 Å². The molecule has 1 saturated heterocycles. The molecule has 4 nitrogen and oxygen atoms in total. The standard InChI is InChI=1S/C9H12N2O2/c1-3-5-6-11-8(12)7(4-2)10-9(11)13/h7H,4,6H2,1-2H3,(H,10,13)/t7-/m0/s1. The second-order valence-electron chi connectivity index (χ2n) is 2.76. The molecule has 3 amide bonds. The van der Waals surface area contributed by atoms with Crippen LogP contribution >= 0.6 is 0 Å². The number of hydrogen-bond donors (Lipinski definition) is 1. The fourth-order valence-corrected chi connectivity index (χ4v) is 1.16. The number of rotatable bonds is 2. The van der Waals surface area contributed by atoms with Crippen LogP contribution in [0, 0.1) is 11.8 Å². The van der Waals surface area contributed by atoms with E-state index in [1.165, 1.54) is 0 Å². The molecule has 1 N–H and O–H groups in total. The van der Waals surface area contributed by atoms with Gasteiger partial charge in [-0.25, -0.2) is 4.79 Å². The van der Waals surface area contributed by atoms with E-state index in [-0.39, 0.29) is 24.5 Å². The summed E-state index contributed by atoms with van der Waals surface area (Å²) in [6, 6.07) is -0.689. The topological polar surface area (TPSA) is 49.4 Å². The molecule has 0 unspecified atom stereocenters. The number of nitrogens with zero attached hydrogens (tertiary/aromatic N) is 1. The molecule has 13 heavy (non-hydrogen) atoms. The van der Waals surface area contributed by atoms with Gasteiger partial charge in [-0.1, -0.05) is 12.8 Å². The second-order valence-corrected chi connectivity index (χ2v) is 2.76. The molecular formula is C9H12N2O2. The lowest BCUT2D eigenvalue weighted by atomic mass is 10.2. The zero-order chi connectivity index (χ0) is 9.84. The van der Waals surface area contributed by atoms with Gasteiger partial charge in [0.2, 0.25) is 0 Å². The Labute approximate surface area is 77.3 Å². The Morgan fingerprint density at radius 1 is 1.54 bits per heavy atom. The molecule has 0 radical (unpaired) electrons. The lowest BCUT2D eigenvalue weighted by Crippen LogP contribution is -2.31. The molecule has 0 aromatic carbocycles. The van der Waals surface area contributed by atoms with E-state index >= 15 is 0 Å². The molecule has 1 atom stereocenters. The summed E-state index contributed by atoms with van der Waals surface area (Å²) in [7, 11) is 0. The number of carbonyl (C=O) groups excluding carboxylic acids is 2. The van der Waals surface area contributed by atoms with Crippen molar-refractivity contribution in [1.29, 1.82) is 0 Å². The zero-order valence-corrected chi connectivity index (χ0v) is 7.76. The summed E-state index contributed by atoms with van der Waals surface area (Å²) in [5.41, 5.74) is 0. The number of amides is 3. The third-order valence-electron chi connectivity index (χ3n) is 1.93. The first-order valence-corrected chi connectivity index (χ1v) is 4.22. The number of carbonyl (C=O) groups is 2. The monoisotopic (exact) mass is 180 g/mol. The van der Waals surface area contributed by atoms with Crippen LogP contribution < -0.4 is 5.32 Å². The van der Waals surface area contributed by atoms with Gasteiger partial charge in [-0.15, -0.1) is 5.92 Å². The van der Waals surface area contributed by atoms with Gasteiger partial charge in [-0.3, -0.25) is 9.69 Å². The molecule has 4 heteroatoms. The van der Waals surface area contributed by atoms with Gasteiger partial charge >= 0.3 is 6.03 Å². The van der Waals surface area contributed by atoms with Crippen molar-refractivity contribution in [2.24, 2.45) is 0 Å². The molecular weight excluding hydrogens is 168 g/mol. The van der Waals surface area contributed by atoms with E-state index in [9.17, 15) is 9.59 Å². The van der Waals surface area contributed by atoms with Crippen LogP contribution in [0.3, 0.4) is 0 Å². The highest BCUT2D eigenvalue weighted by atomic mass is 16.2. The minimum absolute atomic E-state index is 0.171. The first-order valence-electron chi connectivity index (χ1n) is 4.22. The van der Waals surface area contributed by atoms with Crippen LogP contribution in [0.5, 0.6) is 0 Å². The first kappa shape index (κ1) is 9.59. The van der Waals surface area contributed by atoms with Crippen molar-refractivity contribution >= 4 is 11.9 Å². The van der Waals surface area contributed by atoms with Gasteiger partial charge in [0.15, 0.2) is 0 Å². The van der Waals surface area contributed by atoms with E-state index in [2.05, 4.69) is 17.2 Å². The van der Waals surface area contributed by atoms with Gasteiger partial charge < -0.3 is 5.32 Å². The normalized spacial score (nSPS) is 21.1. The summed E-state index contributed by atoms with van der Waals surface area (Å²) in [6.45, 7) is 3.73. The average Bonchev–Trinajstić information content (AvgIpc) is 2.39. The Kier molecular flexibility index (Phi) is 2.91. The number of nitrogens with one attached hydrogen (secondary N) is 1. The second kappa shape index (κ2) is 3.94. The lowest BCUT2D eigenvalue weighted by molar-refractivity contribution is -0.127. The Bertz CT molecular complexity index is 288. The fraction of sp³-hybridized carbons (Fsp3) is 0.556. The highest BCUT2D eigenvalue weighted by Gasteiger charge is 2.35. The molecule has 70 valence electrons. The summed E-state index contributed by atoms with van der Waals surface area (Å²) >= 11 is 0. The SMILES string of the molecule is CC#CCN1C(=O)N[C@@H](CC)C1=O. The molecule has 1 heterocycles. The quantitative estimate of drug-likeness (QED) is 0.492. The van der Waals surface area contributed by atoms with Gasteiger partial charge in [-0.05, 0) is 13.3 Å². The summed E-state index contributed by atoms with van der Waals surface area (Å²) in [4.78, 5) is 23.8. The summed E-state index contributed by atoms with van der Waals surface area (Å²) in [6.07, 6.45) is 0.626. The maximum atomic E-state index is 11.4. The van der Waals surface area contributed by atoms with Gasteiger partial charge in [-0.2, -0.15) is 0 Å². The van der Waals surface area contributed by atoms with Crippen LogP contribution in [-0.2, 0) is 4.79 Å². The fourth-order valence-electron chi connectivity index (χ4n) is 1.16. The predicted octanol–water partition coefficient (Wildman–Crippen LogP) is 0.340.